The second-order valence-electron chi connectivity index (χ2n) is 5.59. The number of amides is 1. The number of hydrogen-bond acceptors (Lipinski definition) is 6. The molecule has 0 aliphatic carbocycles. The Morgan fingerprint density at radius 2 is 2.04 bits per heavy atom. The van der Waals surface area contributed by atoms with Gasteiger partial charge in [-0.15, -0.1) is 0 Å². The van der Waals surface area contributed by atoms with Crippen molar-refractivity contribution < 1.29 is 13.7 Å². The molecule has 0 aliphatic rings. The summed E-state index contributed by atoms with van der Waals surface area (Å²) in [6.07, 6.45) is 4.75. The first-order chi connectivity index (χ1) is 12.8. The van der Waals surface area contributed by atoms with Crippen molar-refractivity contribution in [3.05, 3.63) is 78.1 Å². The van der Waals surface area contributed by atoms with E-state index in [1.807, 2.05) is 30.3 Å². The van der Waals surface area contributed by atoms with Gasteiger partial charge in [0.1, 0.15) is 0 Å². The highest BCUT2D eigenvalue weighted by Crippen LogP contribution is 2.16. The Labute approximate surface area is 148 Å². The van der Waals surface area contributed by atoms with Gasteiger partial charge in [0.25, 0.3) is 11.8 Å². The highest BCUT2D eigenvalue weighted by atomic mass is 16.5. The van der Waals surface area contributed by atoms with Crippen LogP contribution in [-0.4, -0.2) is 25.8 Å². The van der Waals surface area contributed by atoms with Crippen molar-refractivity contribution in [1.29, 1.82) is 0 Å². The topological polar surface area (TPSA) is 99.0 Å². The van der Waals surface area contributed by atoms with Crippen LogP contribution < -0.4 is 5.32 Å². The molecule has 1 N–H and O–H groups in total. The number of benzene rings is 1. The molecule has 130 valence electrons. The summed E-state index contributed by atoms with van der Waals surface area (Å²) in [5.74, 6) is 0.863. The van der Waals surface area contributed by atoms with Crippen LogP contribution in [-0.2, 0) is 13.1 Å². The molecule has 3 heterocycles. The lowest BCUT2D eigenvalue weighted by atomic mass is 10.2. The molecule has 0 atom stereocenters. The molecule has 4 rings (SSSR count). The fourth-order valence-corrected chi connectivity index (χ4v) is 2.43. The maximum atomic E-state index is 12.3. The van der Waals surface area contributed by atoms with Gasteiger partial charge in [0.15, 0.2) is 11.6 Å². The second kappa shape index (κ2) is 7.06. The van der Waals surface area contributed by atoms with E-state index in [1.165, 1.54) is 12.5 Å². The molecule has 0 aliphatic heterocycles. The Balaban J connectivity index is 1.35. The number of nitrogens with zero attached hydrogens (tertiary/aromatic N) is 4. The van der Waals surface area contributed by atoms with Crippen LogP contribution in [0.2, 0.25) is 0 Å². The first-order valence-corrected chi connectivity index (χ1v) is 7.99. The standard InChI is InChI=1S/C18H15N5O3/c24-17(14-9-20-23(12-14)11-13-5-2-1-3-6-13)19-10-16-21-18(26-22-16)15-7-4-8-25-15/h1-9,12H,10-11H2,(H,19,24). The summed E-state index contributed by atoms with van der Waals surface area (Å²) in [5, 5.41) is 10.8. The second-order valence-corrected chi connectivity index (χ2v) is 5.59. The number of carbonyl (C=O) groups is 1. The first-order valence-electron chi connectivity index (χ1n) is 7.99. The summed E-state index contributed by atoms with van der Waals surface area (Å²) in [6, 6.07) is 13.4. The Kier molecular flexibility index (Phi) is 4.29. The van der Waals surface area contributed by atoms with E-state index in [0.717, 1.165) is 5.56 Å². The molecule has 26 heavy (non-hydrogen) atoms. The Hall–Kier alpha value is -3.68. The maximum Gasteiger partial charge on any atom is 0.293 e. The smallest absolute Gasteiger partial charge is 0.293 e. The van der Waals surface area contributed by atoms with Crippen LogP contribution in [0.4, 0.5) is 0 Å². The zero-order chi connectivity index (χ0) is 17.8. The number of furan rings is 1. The van der Waals surface area contributed by atoms with E-state index in [0.29, 0.717) is 23.7 Å². The van der Waals surface area contributed by atoms with Gasteiger partial charge in [0, 0.05) is 6.20 Å². The van der Waals surface area contributed by atoms with Crippen molar-refractivity contribution in [1.82, 2.24) is 25.2 Å². The molecular weight excluding hydrogens is 334 g/mol. The van der Waals surface area contributed by atoms with Gasteiger partial charge < -0.3 is 14.3 Å². The fourth-order valence-electron chi connectivity index (χ4n) is 2.43. The van der Waals surface area contributed by atoms with Gasteiger partial charge in [0.05, 0.1) is 31.1 Å². The van der Waals surface area contributed by atoms with E-state index in [9.17, 15) is 4.79 Å². The van der Waals surface area contributed by atoms with Crippen molar-refractivity contribution in [3.8, 4) is 11.7 Å². The average Bonchev–Trinajstić information content (AvgIpc) is 3.41. The van der Waals surface area contributed by atoms with Crippen molar-refractivity contribution in [2.75, 3.05) is 0 Å². The number of nitrogens with one attached hydrogen (secondary N) is 1. The van der Waals surface area contributed by atoms with E-state index in [1.54, 1.807) is 23.0 Å². The maximum absolute atomic E-state index is 12.3. The summed E-state index contributed by atoms with van der Waals surface area (Å²) in [7, 11) is 0. The van der Waals surface area contributed by atoms with E-state index < -0.39 is 0 Å². The lowest BCUT2D eigenvalue weighted by Crippen LogP contribution is -2.23. The fraction of sp³-hybridized carbons (Fsp3) is 0.111. The highest BCUT2D eigenvalue weighted by Gasteiger charge is 2.13. The third kappa shape index (κ3) is 3.54. The van der Waals surface area contributed by atoms with Crippen LogP contribution in [0.15, 0.2) is 70.1 Å². The summed E-state index contributed by atoms with van der Waals surface area (Å²) in [6.45, 7) is 0.748. The molecule has 1 aromatic carbocycles. The summed E-state index contributed by atoms with van der Waals surface area (Å²) >= 11 is 0. The molecule has 8 heteroatoms. The van der Waals surface area contributed by atoms with Gasteiger partial charge >= 0.3 is 0 Å². The van der Waals surface area contributed by atoms with Crippen LogP contribution in [0.5, 0.6) is 0 Å². The van der Waals surface area contributed by atoms with Gasteiger partial charge in [-0.2, -0.15) is 10.1 Å². The number of rotatable bonds is 6. The molecule has 0 unspecified atom stereocenters. The van der Waals surface area contributed by atoms with Crippen LogP contribution in [0.1, 0.15) is 21.7 Å². The van der Waals surface area contributed by atoms with Crippen molar-refractivity contribution in [2.45, 2.75) is 13.1 Å². The van der Waals surface area contributed by atoms with E-state index in [4.69, 9.17) is 8.94 Å². The number of aromatic nitrogens is 4. The first kappa shape index (κ1) is 15.8. The Morgan fingerprint density at radius 1 is 1.15 bits per heavy atom. The molecule has 1 amide bonds. The summed E-state index contributed by atoms with van der Waals surface area (Å²) in [4.78, 5) is 16.4. The van der Waals surface area contributed by atoms with E-state index >= 15 is 0 Å². The molecule has 0 spiro atoms. The molecule has 0 radical (unpaired) electrons. The third-order valence-corrected chi connectivity index (χ3v) is 3.69. The Bertz CT molecular complexity index is 989. The zero-order valence-corrected chi connectivity index (χ0v) is 13.7. The minimum Gasteiger partial charge on any atom is -0.459 e. The van der Waals surface area contributed by atoms with Gasteiger partial charge in [-0.1, -0.05) is 35.5 Å². The predicted molar refractivity (Wildman–Crippen MR) is 90.9 cm³/mol. The molecule has 3 aromatic heterocycles. The molecule has 8 nitrogen and oxygen atoms in total. The zero-order valence-electron chi connectivity index (χ0n) is 13.7. The Morgan fingerprint density at radius 3 is 2.85 bits per heavy atom. The van der Waals surface area contributed by atoms with Crippen molar-refractivity contribution in [2.24, 2.45) is 0 Å². The molecule has 4 aromatic rings. The minimum atomic E-state index is -0.256. The number of hydrogen-bond donors (Lipinski definition) is 1. The monoisotopic (exact) mass is 349 g/mol. The van der Waals surface area contributed by atoms with E-state index in [-0.39, 0.29) is 18.3 Å². The van der Waals surface area contributed by atoms with E-state index in [2.05, 4.69) is 20.6 Å². The van der Waals surface area contributed by atoms with Gasteiger partial charge in [-0.05, 0) is 17.7 Å². The van der Waals surface area contributed by atoms with Crippen molar-refractivity contribution >= 4 is 5.91 Å². The predicted octanol–water partition coefficient (Wildman–Crippen LogP) is 2.50. The SMILES string of the molecule is O=C(NCc1noc(-c2ccco2)n1)c1cnn(Cc2ccccc2)c1. The average molecular weight is 349 g/mol. The normalized spacial score (nSPS) is 10.8. The minimum absolute atomic E-state index is 0.146. The third-order valence-electron chi connectivity index (χ3n) is 3.69. The largest absolute Gasteiger partial charge is 0.459 e. The summed E-state index contributed by atoms with van der Waals surface area (Å²) in [5.41, 5.74) is 1.58. The van der Waals surface area contributed by atoms with Gasteiger partial charge in [-0.3, -0.25) is 9.48 Å². The number of carbonyl (C=O) groups excluding carboxylic acids is 1. The highest BCUT2D eigenvalue weighted by molar-refractivity contribution is 5.93. The lowest BCUT2D eigenvalue weighted by Gasteiger charge is -2.01. The molecule has 0 saturated heterocycles. The van der Waals surface area contributed by atoms with Crippen LogP contribution >= 0.6 is 0 Å². The van der Waals surface area contributed by atoms with Crippen LogP contribution in [0, 0.1) is 0 Å². The lowest BCUT2D eigenvalue weighted by molar-refractivity contribution is 0.0949. The quantitative estimate of drug-likeness (QED) is 0.574. The van der Waals surface area contributed by atoms with Gasteiger partial charge in [-0.25, -0.2) is 0 Å². The molecule has 0 bridgehead atoms. The van der Waals surface area contributed by atoms with Gasteiger partial charge in [0.2, 0.25) is 0 Å². The molecular formula is C18H15N5O3. The molecule has 0 fully saturated rings. The summed E-state index contributed by atoms with van der Waals surface area (Å²) < 4.78 is 12.0. The van der Waals surface area contributed by atoms with Crippen LogP contribution in [0.3, 0.4) is 0 Å². The van der Waals surface area contributed by atoms with Crippen LogP contribution in [0.25, 0.3) is 11.7 Å². The molecule has 0 saturated carbocycles. The van der Waals surface area contributed by atoms with Crippen molar-refractivity contribution in [3.63, 3.8) is 0 Å².